The molecular formula is C22H29N7O3S. The minimum atomic E-state index is -3.56. The summed E-state index contributed by atoms with van der Waals surface area (Å²) in [4.78, 5) is 29.1. The van der Waals surface area contributed by atoms with Crippen molar-refractivity contribution in [1.82, 2.24) is 24.6 Å². The molecule has 33 heavy (non-hydrogen) atoms. The summed E-state index contributed by atoms with van der Waals surface area (Å²) < 4.78 is 27.1. The van der Waals surface area contributed by atoms with E-state index in [2.05, 4.69) is 34.8 Å². The highest BCUT2D eigenvalue weighted by Crippen LogP contribution is 2.23. The molecule has 3 aromatic rings. The van der Waals surface area contributed by atoms with Gasteiger partial charge in [-0.1, -0.05) is 0 Å². The van der Waals surface area contributed by atoms with Crippen LogP contribution in [-0.4, -0.2) is 72.4 Å². The molecule has 0 spiro atoms. The minimum Gasteiger partial charge on any atom is -0.353 e. The third-order valence-electron chi connectivity index (χ3n) is 5.70. The number of nitrogens with zero attached hydrogens (tertiary/aromatic N) is 4. The molecule has 1 aliphatic rings. The van der Waals surface area contributed by atoms with Crippen molar-refractivity contribution in [1.29, 1.82) is 0 Å². The topological polar surface area (TPSA) is 123 Å². The lowest BCUT2D eigenvalue weighted by Gasteiger charge is -2.38. The number of anilines is 2. The Morgan fingerprint density at radius 2 is 1.73 bits per heavy atom. The van der Waals surface area contributed by atoms with Crippen LogP contribution >= 0.6 is 0 Å². The first-order chi connectivity index (χ1) is 15.7. The second-order valence-corrected chi connectivity index (χ2v) is 10.1. The number of hydrogen-bond acceptors (Lipinski definition) is 7. The first-order valence-corrected chi connectivity index (χ1v) is 12.4. The maximum absolute atomic E-state index is 12.8. The van der Waals surface area contributed by atoms with Gasteiger partial charge in [0.1, 0.15) is 17.8 Å². The van der Waals surface area contributed by atoms with Gasteiger partial charge in [0.15, 0.2) is 0 Å². The molecule has 176 valence electrons. The third-order valence-corrected chi connectivity index (χ3v) is 7.37. The lowest BCUT2D eigenvalue weighted by molar-refractivity contribution is -0.120. The van der Waals surface area contributed by atoms with Crippen molar-refractivity contribution in [3.63, 3.8) is 0 Å². The van der Waals surface area contributed by atoms with Crippen LogP contribution in [0.5, 0.6) is 0 Å². The number of H-pyrrole nitrogens is 1. The lowest BCUT2D eigenvalue weighted by Crippen LogP contribution is -2.53. The van der Waals surface area contributed by atoms with Gasteiger partial charge < -0.3 is 15.2 Å². The fourth-order valence-electron chi connectivity index (χ4n) is 3.94. The van der Waals surface area contributed by atoms with Crippen LogP contribution in [0.2, 0.25) is 0 Å². The van der Waals surface area contributed by atoms with Crippen LogP contribution in [0, 0.1) is 0 Å². The van der Waals surface area contributed by atoms with E-state index in [4.69, 9.17) is 0 Å². The predicted molar refractivity (Wildman–Crippen MR) is 128 cm³/mol. The summed E-state index contributed by atoms with van der Waals surface area (Å²) in [5.74, 6) is 0.773. The van der Waals surface area contributed by atoms with Crippen molar-refractivity contribution < 1.29 is 13.2 Å². The number of aromatic nitrogens is 3. The number of amides is 1. The Bertz CT molecular complexity index is 1220. The van der Waals surface area contributed by atoms with Gasteiger partial charge in [-0.15, -0.1) is 0 Å². The molecule has 1 unspecified atom stereocenters. The number of fused-ring (bicyclic) bond motifs is 1. The SMILES string of the molecule is CC(C)NS(=O)(=O)c1ccc(NC(=O)C(C)N2CCN(c3ncnc4[nH]ccc34)CC2)cc1. The van der Waals surface area contributed by atoms with E-state index >= 15 is 0 Å². The van der Waals surface area contributed by atoms with Crippen molar-refractivity contribution in [3.8, 4) is 0 Å². The fraction of sp³-hybridized carbons (Fsp3) is 0.409. The van der Waals surface area contributed by atoms with Crippen molar-refractivity contribution >= 4 is 38.5 Å². The standard InChI is InChI=1S/C22H29N7O3S/c1-15(2)27-33(31,32)18-6-4-17(5-7-18)26-22(30)16(3)28-10-12-29(13-11-28)21-19-8-9-23-20(19)24-14-25-21/h4-9,14-16,27H,10-13H2,1-3H3,(H,26,30)(H,23,24,25). The minimum absolute atomic E-state index is 0.130. The van der Waals surface area contributed by atoms with Gasteiger partial charge in [-0.2, -0.15) is 0 Å². The molecule has 2 aromatic heterocycles. The van der Waals surface area contributed by atoms with Crippen LogP contribution in [0.1, 0.15) is 20.8 Å². The summed E-state index contributed by atoms with van der Waals surface area (Å²) in [5.41, 5.74) is 1.37. The second-order valence-electron chi connectivity index (χ2n) is 8.43. The fourth-order valence-corrected chi connectivity index (χ4v) is 5.19. The normalized spacial score (nSPS) is 16.3. The number of sulfonamides is 1. The molecule has 1 saturated heterocycles. The molecule has 4 rings (SSSR count). The summed E-state index contributed by atoms with van der Waals surface area (Å²) in [6.07, 6.45) is 3.42. The van der Waals surface area contributed by atoms with Crippen LogP contribution in [-0.2, 0) is 14.8 Å². The van der Waals surface area contributed by atoms with E-state index in [1.807, 2.05) is 19.2 Å². The van der Waals surface area contributed by atoms with Gasteiger partial charge in [-0.3, -0.25) is 9.69 Å². The van der Waals surface area contributed by atoms with Gasteiger partial charge >= 0.3 is 0 Å². The Morgan fingerprint density at radius 3 is 2.39 bits per heavy atom. The van der Waals surface area contributed by atoms with Gasteiger partial charge in [0.05, 0.1) is 16.3 Å². The predicted octanol–water partition coefficient (Wildman–Crippen LogP) is 1.79. The van der Waals surface area contributed by atoms with Crippen molar-refractivity contribution in [2.24, 2.45) is 0 Å². The first kappa shape index (κ1) is 23.1. The van der Waals surface area contributed by atoms with E-state index in [9.17, 15) is 13.2 Å². The van der Waals surface area contributed by atoms with E-state index < -0.39 is 10.0 Å². The summed E-state index contributed by atoms with van der Waals surface area (Å²) in [6.45, 7) is 8.37. The molecule has 1 aliphatic heterocycles. The number of piperazine rings is 1. The van der Waals surface area contributed by atoms with Crippen LogP contribution in [0.25, 0.3) is 11.0 Å². The summed E-state index contributed by atoms with van der Waals surface area (Å²) in [6, 6.07) is 7.65. The van der Waals surface area contributed by atoms with E-state index in [0.29, 0.717) is 5.69 Å². The van der Waals surface area contributed by atoms with Gasteiger partial charge in [-0.25, -0.2) is 23.1 Å². The zero-order valence-corrected chi connectivity index (χ0v) is 19.8. The van der Waals surface area contributed by atoms with Crippen molar-refractivity contribution in [2.45, 2.75) is 37.8 Å². The van der Waals surface area contributed by atoms with E-state index in [0.717, 1.165) is 43.0 Å². The van der Waals surface area contributed by atoms with Crippen LogP contribution in [0.15, 0.2) is 47.8 Å². The molecule has 1 amide bonds. The van der Waals surface area contributed by atoms with Crippen molar-refractivity contribution in [2.75, 3.05) is 36.4 Å². The Balaban J connectivity index is 1.34. The maximum atomic E-state index is 12.8. The number of carbonyl (C=O) groups is 1. The molecule has 10 nitrogen and oxygen atoms in total. The highest BCUT2D eigenvalue weighted by atomic mass is 32.2. The molecular weight excluding hydrogens is 442 g/mol. The average Bonchev–Trinajstić information content (AvgIpc) is 3.27. The number of benzene rings is 1. The quantitative estimate of drug-likeness (QED) is 0.480. The molecule has 0 aliphatic carbocycles. The number of aromatic amines is 1. The lowest BCUT2D eigenvalue weighted by atomic mass is 10.2. The molecule has 1 atom stereocenters. The largest absolute Gasteiger partial charge is 0.353 e. The highest BCUT2D eigenvalue weighted by Gasteiger charge is 2.27. The molecule has 11 heteroatoms. The second kappa shape index (κ2) is 9.46. The number of hydrogen-bond donors (Lipinski definition) is 3. The first-order valence-electron chi connectivity index (χ1n) is 10.9. The van der Waals surface area contributed by atoms with Crippen LogP contribution in [0.3, 0.4) is 0 Å². The van der Waals surface area contributed by atoms with E-state index in [-0.39, 0.29) is 22.9 Å². The Labute approximate surface area is 193 Å². The zero-order chi connectivity index (χ0) is 23.6. The van der Waals surface area contributed by atoms with Gasteiger partial charge in [0.2, 0.25) is 15.9 Å². The number of nitrogens with one attached hydrogen (secondary N) is 3. The number of rotatable bonds is 7. The Hall–Kier alpha value is -3.02. The van der Waals surface area contributed by atoms with Gasteiger partial charge in [0, 0.05) is 44.1 Å². The van der Waals surface area contributed by atoms with E-state index in [1.165, 1.54) is 12.1 Å². The molecule has 0 radical (unpaired) electrons. The molecule has 0 bridgehead atoms. The zero-order valence-electron chi connectivity index (χ0n) is 18.9. The van der Waals surface area contributed by atoms with Crippen LogP contribution in [0.4, 0.5) is 11.5 Å². The molecule has 1 aromatic carbocycles. The third kappa shape index (κ3) is 5.15. The van der Waals surface area contributed by atoms with Gasteiger partial charge in [-0.05, 0) is 51.1 Å². The van der Waals surface area contributed by atoms with Crippen molar-refractivity contribution in [3.05, 3.63) is 42.9 Å². The molecule has 3 heterocycles. The smallest absolute Gasteiger partial charge is 0.241 e. The number of carbonyl (C=O) groups excluding carboxylic acids is 1. The Morgan fingerprint density at radius 1 is 1.03 bits per heavy atom. The monoisotopic (exact) mass is 471 g/mol. The summed E-state index contributed by atoms with van der Waals surface area (Å²) in [5, 5.41) is 3.88. The maximum Gasteiger partial charge on any atom is 0.241 e. The van der Waals surface area contributed by atoms with Crippen LogP contribution < -0.4 is 14.9 Å². The molecule has 1 fully saturated rings. The summed E-state index contributed by atoms with van der Waals surface area (Å²) in [7, 11) is -3.56. The Kier molecular flexibility index (Phi) is 6.63. The molecule has 3 N–H and O–H groups in total. The summed E-state index contributed by atoms with van der Waals surface area (Å²) >= 11 is 0. The highest BCUT2D eigenvalue weighted by molar-refractivity contribution is 7.89. The van der Waals surface area contributed by atoms with E-state index in [1.54, 1.807) is 32.3 Å². The molecule has 0 saturated carbocycles. The van der Waals surface area contributed by atoms with Gasteiger partial charge in [0.25, 0.3) is 0 Å². The average molecular weight is 472 g/mol.